The maximum Gasteiger partial charge on any atom is 0.416 e. The molecule has 4 rings (SSSR count). The van der Waals surface area contributed by atoms with Crippen molar-refractivity contribution < 1.29 is 32.6 Å². The molecule has 0 saturated carbocycles. The van der Waals surface area contributed by atoms with Gasteiger partial charge in [0, 0.05) is 12.0 Å². The molecule has 3 aromatic rings. The molecule has 0 aliphatic heterocycles. The Hall–Kier alpha value is -3.81. The van der Waals surface area contributed by atoms with E-state index in [0.29, 0.717) is 5.56 Å². The Morgan fingerprint density at radius 1 is 0.912 bits per heavy atom. The van der Waals surface area contributed by atoms with Crippen LogP contribution in [0.1, 0.15) is 34.6 Å². The van der Waals surface area contributed by atoms with Crippen LogP contribution in [0, 0.1) is 0 Å². The van der Waals surface area contributed by atoms with Crippen molar-refractivity contribution in [3.63, 3.8) is 0 Å². The van der Waals surface area contributed by atoms with Crippen LogP contribution >= 0.6 is 0 Å². The van der Waals surface area contributed by atoms with Gasteiger partial charge in [-0.05, 0) is 46.4 Å². The zero-order chi connectivity index (χ0) is 24.3. The van der Waals surface area contributed by atoms with Crippen LogP contribution in [-0.4, -0.2) is 29.8 Å². The highest BCUT2D eigenvalue weighted by Gasteiger charge is 2.31. The number of fused-ring (bicyclic) bond motifs is 3. The van der Waals surface area contributed by atoms with E-state index in [-0.39, 0.29) is 18.9 Å². The molecule has 1 amide bonds. The number of amides is 1. The van der Waals surface area contributed by atoms with Crippen molar-refractivity contribution in [1.29, 1.82) is 0 Å². The second kappa shape index (κ2) is 9.59. The van der Waals surface area contributed by atoms with E-state index < -0.39 is 36.3 Å². The fourth-order valence-electron chi connectivity index (χ4n) is 4.31. The first-order valence-corrected chi connectivity index (χ1v) is 10.7. The Morgan fingerprint density at radius 2 is 1.47 bits per heavy atom. The van der Waals surface area contributed by atoms with E-state index >= 15 is 0 Å². The predicted octanol–water partition coefficient (Wildman–Crippen LogP) is 5.63. The summed E-state index contributed by atoms with van der Waals surface area (Å²) in [5.41, 5.74) is 3.93. The van der Waals surface area contributed by atoms with Crippen LogP contribution in [0.25, 0.3) is 11.1 Å². The Bertz CT molecular complexity index is 1150. The SMILES string of the molecule is O=C(O)C[C@H](Cc1ccc(C(F)(F)F)cc1)NC(=O)OCC1c2ccccc2-c2ccccc21. The number of rotatable bonds is 7. The van der Waals surface area contributed by atoms with Crippen LogP contribution in [0.15, 0.2) is 72.8 Å². The average Bonchev–Trinajstić information content (AvgIpc) is 3.11. The first-order valence-electron chi connectivity index (χ1n) is 10.7. The van der Waals surface area contributed by atoms with Gasteiger partial charge in [-0.15, -0.1) is 0 Å². The molecule has 0 bridgehead atoms. The smallest absolute Gasteiger partial charge is 0.416 e. The molecule has 34 heavy (non-hydrogen) atoms. The van der Waals surface area contributed by atoms with E-state index in [1.807, 2.05) is 48.5 Å². The van der Waals surface area contributed by atoms with Crippen LogP contribution in [0.2, 0.25) is 0 Å². The van der Waals surface area contributed by atoms with Crippen molar-refractivity contribution in [3.8, 4) is 11.1 Å². The zero-order valence-electron chi connectivity index (χ0n) is 18.0. The molecule has 8 heteroatoms. The summed E-state index contributed by atoms with van der Waals surface area (Å²) >= 11 is 0. The van der Waals surface area contributed by atoms with Crippen LogP contribution < -0.4 is 5.32 Å². The maximum atomic E-state index is 12.8. The molecule has 0 fully saturated rings. The summed E-state index contributed by atoms with van der Waals surface area (Å²) in [6, 6.07) is 19.3. The average molecular weight is 469 g/mol. The van der Waals surface area contributed by atoms with Crippen molar-refractivity contribution in [2.45, 2.75) is 31.0 Å². The number of alkyl halides is 3. The van der Waals surface area contributed by atoms with E-state index in [9.17, 15) is 27.9 Å². The molecule has 5 nitrogen and oxygen atoms in total. The maximum absolute atomic E-state index is 12.8. The second-order valence-corrected chi connectivity index (χ2v) is 8.16. The molecule has 2 N–H and O–H groups in total. The first-order chi connectivity index (χ1) is 16.2. The minimum atomic E-state index is -4.46. The molecular weight excluding hydrogens is 447 g/mol. The van der Waals surface area contributed by atoms with Gasteiger partial charge in [0.15, 0.2) is 0 Å². The third-order valence-corrected chi connectivity index (χ3v) is 5.85. The van der Waals surface area contributed by atoms with Crippen molar-refractivity contribution in [1.82, 2.24) is 5.32 Å². The van der Waals surface area contributed by atoms with Gasteiger partial charge in [-0.25, -0.2) is 4.79 Å². The molecule has 0 heterocycles. The number of carbonyl (C=O) groups is 2. The number of halogens is 3. The fraction of sp³-hybridized carbons (Fsp3) is 0.231. The normalized spacial score (nSPS) is 13.6. The van der Waals surface area contributed by atoms with Gasteiger partial charge in [0.05, 0.1) is 12.0 Å². The molecule has 0 aromatic heterocycles. The molecule has 0 unspecified atom stereocenters. The fourth-order valence-corrected chi connectivity index (χ4v) is 4.31. The van der Waals surface area contributed by atoms with Crippen LogP contribution in [0.3, 0.4) is 0 Å². The largest absolute Gasteiger partial charge is 0.481 e. The summed E-state index contributed by atoms with van der Waals surface area (Å²) in [6.07, 6.45) is -5.58. The summed E-state index contributed by atoms with van der Waals surface area (Å²) in [5.74, 6) is -1.29. The summed E-state index contributed by atoms with van der Waals surface area (Å²) in [4.78, 5) is 23.8. The van der Waals surface area contributed by atoms with E-state index in [1.165, 1.54) is 12.1 Å². The Balaban J connectivity index is 1.41. The van der Waals surface area contributed by atoms with Crippen molar-refractivity contribution in [3.05, 3.63) is 95.1 Å². The van der Waals surface area contributed by atoms with Gasteiger partial charge in [-0.3, -0.25) is 4.79 Å². The molecule has 0 radical (unpaired) electrons. The number of hydrogen-bond acceptors (Lipinski definition) is 3. The standard InChI is InChI=1S/C26H22F3NO4/c27-26(28,29)17-11-9-16(10-12-17)13-18(14-24(31)32)30-25(33)34-15-23-21-7-3-1-5-19(21)20-6-2-4-8-22(20)23/h1-12,18,23H,13-15H2,(H,30,33)(H,31,32)/t18-/m0/s1. The first kappa shape index (κ1) is 23.4. The minimum Gasteiger partial charge on any atom is -0.481 e. The van der Waals surface area contributed by atoms with Gasteiger partial charge in [0.2, 0.25) is 0 Å². The third-order valence-electron chi connectivity index (χ3n) is 5.85. The number of alkyl carbamates (subject to hydrolysis) is 1. The van der Waals surface area contributed by atoms with Gasteiger partial charge in [-0.1, -0.05) is 60.7 Å². The van der Waals surface area contributed by atoms with Crippen molar-refractivity contribution in [2.75, 3.05) is 6.61 Å². The lowest BCUT2D eigenvalue weighted by Crippen LogP contribution is -2.39. The zero-order valence-corrected chi connectivity index (χ0v) is 18.0. The summed E-state index contributed by atoms with van der Waals surface area (Å²) < 4.78 is 43.8. The van der Waals surface area contributed by atoms with Crippen LogP contribution in [0.5, 0.6) is 0 Å². The van der Waals surface area contributed by atoms with Gasteiger partial charge in [0.1, 0.15) is 6.61 Å². The summed E-state index contributed by atoms with van der Waals surface area (Å²) in [7, 11) is 0. The number of hydrogen-bond donors (Lipinski definition) is 2. The molecule has 0 spiro atoms. The quantitative estimate of drug-likeness (QED) is 0.470. The highest BCUT2D eigenvalue weighted by molar-refractivity contribution is 5.79. The number of carboxylic acid groups (broad SMARTS) is 1. The molecule has 3 aromatic carbocycles. The van der Waals surface area contributed by atoms with E-state index in [4.69, 9.17) is 4.74 Å². The minimum absolute atomic E-state index is 0.0502. The molecule has 1 aliphatic carbocycles. The number of nitrogens with one attached hydrogen (secondary N) is 1. The number of ether oxygens (including phenoxy) is 1. The molecule has 0 saturated heterocycles. The Labute approximate surface area is 194 Å². The monoisotopic (exact) mass is 469 g/mol. The number of benzene rings is 3. The van der Waals surface area contributed by atoms with Gasteiger partial charge < -0.3 is 15.2 Å². The second-order valence-electron chi connectivity index (χ2n) is 8.16. The van der Waals surface area contributed by atoms with Gasteiger partial charge >= 0.3 is 18.2 Å². The molecule has 176 valence electrons. The van der Waals surface area contributed by atoms with Gasteiger partial charge in [-0.2, -0.15) is 13.2 Å². The molecule has 1 aliphatic rings. The van der Waals surface area contributed by atoms with Crippen molar-refractivity contribution in [2.24, 2.45) is 0 Å². The highest BCUT2D eigenvalue weighted by atomic mass is 19.4. The van der Waals surface area contributed by atoms with E-state index in [2.05, 4.69) is 5.32 Å². The summed E-state index contributed by atoms with van der Waals surface area (Å²) in [5, 5.41) is 11.8. The predicted molar refractivity (Wildman–Crippen MR) is 119 cm³/mol. The lowest BCUT2D eigenvalue weighted by atomic mass is 9.98. The number of carbonyl (C=O) groups excluding carboxylic acids is 1. The third kappa shape index (κ3) is 5.22. The lowest BCUT2D eigenvalue weighted by Gasteiger charge is -2.19. The van der Waals surface area contributed by atoms with Crippen LogP contribution in [0.4, 0.5) is 18.0 Å². The molecular formula is C26H22F3NO4. The van der Waals surface area contributed by atoms with E-state index in [0.717, 1.165) is 34.4 Å². The topological polar surface area (TPSA) is 75.6 Å². The Kier molecular flexibility index (Phi) is 6.58. The van der Waals surface area contributed by atoms with Crippen LogP contribution in [-0.2, 0) is 22.1 Å². The number of carboxylic acids is 1. The molecule has 1 atom stereocenters. The van der Waals surface area contributed by atoms with Crippen molar-refractivity contribution >= 4 is 12.1 Å². The lowest BCUT2D eigenvalue weighted by molar-refractivity contribution is -0.138. The Morgan fingerprint density at radius 3 is 2.00 bits per heavy atom. The number of aliphatic carboxylic acids is 1. The van der Waals surface area contributed by atoms with Gasteiger partial charge in [0.25, 0.3) is 0 Å². The van der Waals surface area contributed by atoms with E-state index in [1.54, 1.807) is 0 Å². The summed E-state index contributed by atoms with van der Waals surface area (Å²) in [6.45, 7) is 0.0694. The highest BCUT2D eigenvalue weighted by Crippen LogP contribution is 2.44.